The Kier molecular flexibility index (Phi) is 3.55. The fraction of sp³-hybridized carbons (Fsp3) is 0.125. The number of furan rings is 1. The molecular formula is C16H14N2O3. The lowest BCUT2D eigenvalue weighted by Gasteiger charge is -2.16. The molecule has 0 aliphatic heterocycles. The zero-order valence-corrected chi connectivity index (χ0v) is 11.4. The molecule has 0 aliphatic rings. The number of amides is 1. The van der Waals surface area contributed by atoms with Crippen molar-refractivity contribution in [2.75, 3.05) is 0 Å². The summed E-state index contributed by atoms with van der Waals surface area (Å²) in [4.78, 5) is 12.3. The SMILES string of the molecule is Cc1cc(C(=O)NC(c2ccccc2)c2ccco2)on1. The molecule has 1 N–H and O–H groups in total. The van der Waals surface area contributed by atoms with Gasteiger partial charge in [-0.2, -0.15) is 0 Å². The van der Waals surface area contributed by atoms with Gasteiger partial charge in [-0.25, -0.2) is 0 Å². The number of hydrogen-bond donors (Lipinski definition) is 1. The van der Waals surface area contributed by atoms with Gasteiger partial charge in [0.15, 0.2) is 0 Å². The number of aromatic nitrogens is 1. The smallest absolute Gasteiger partial charge is 0.290 e. The van der Waals surface area contributed by atoms with Crippen molar-refractivity contribution in [3.8, 4) is 0 Å². The molecule has 0 saturated heterocycles. The molecule has 0 saturated carbocycles. The minimum absolute atomic E-state index is 0.181. The van der Waals surface area contributed by atoms with Gasteiger partial charge >= 0.3 is 0 Å². The van der Waals surface area contributed by atoms with Crippen LogP contribution in [0.2, 0.25) is 0 Å². The van der Waals surface area contributed by atoms with E-state index in [-0.39, 0.29) is 17.7 Å². The molecule has 1 atom stereocenters. The van der Waals surface area contributed by atoms with Crippen molar-refractivity contribution in [3.05, 3.63) is 77.6 Å². The lowest BCUT2D eigenvalue weighted by atomic mass is 10.0. The molecule has 0 aliphatic carbocycles. The summed E-state index contributed by atoms with van der Waals surface area (Å²) in [6.45, 7) is 1.77. The van der Waals surface area contributed by atoms with Gasteiger partial charge in [0.05, 0.1) is 12.0 Å². The van der Waals surface area contributed by atoms with Crippen LogP contribution in [0.25, 0.3) is 0 Å². The lowest BCUT2D eigenvalue weighted by Crippen LogP contribution is -2.28. The molecule has 21 heavy (non-hydrogen) atoms. The monoisotopic (exact) mass is 282 g/mol. The molecule has 0 fully saturated rings. The molecule has 1 amide bonds. The van der Waals surface area contributed by atoms with E-state index in [1.165, 1.54) is 0 Å². The molecule has 1 unspecified atom stereocenters. The third-order valence-electron chi connectivity index (χ3n) is 3.09. The highest BCUT2D eigenvalue weighted by molar-refractivity contribution is 5.91. The standard InChI is InChI=1S/C16H14N2O3/c1-11-10-14(21-18-11)16(19)17-15(13-8-5-9-20-13)12-6-3-2-4-7-12/h2-10,15H,1H3,(H,17,19). The second-order valence-electron chi connectivity index (χ2n) is 4.67. The maximum absolute atomic E-state index is 12.3. The van der Waals surface area contributed by atoms with Crippen LogP contribution in [0.15, 0.2) is 63.7 Å². The summed E-state index contributed by atoms with van der Waals surface area (Å²) in [7, 11) is 0. The van der Waals surface area contributed by atoms with Gasteiger partial charge in [0.25, 0.3) is 5.91 Å². The van der Waals surface area contributed by atoms with Crippen molar-refractivity contribution in [1.29, 1.82) is 0 Å². The second-order valence-corrected chi connectivity index (χ2v) is 4.67. The number of carbonyl (C=O) groups excluding carboxylic acids is 1. The first-order valence-electron chi connectivity index (χ1n) is 6.56. The van der Waals surface area contributed by atoms with Gasteiger partial charge in [0.2, 0.25) is 5.76 Å². The highest BCUT2D eigenvalue weighted by Crippen LogP contribution is 2.22. The molecule has 0 spiro atoms. The van der Waals surface area contributed by atoms with Crippen LogP contribution < -0.4 is 5.32 Å². The number of nitrogens with one attached hydrogen (secondary N) is 1. The van der Waals surface area contributed by atoms with E-state index >= 15 is 0 Å². The number of rotatable bonds is 4. The zero-order valence-electron chi connectivity index (χ0n) is 11.4. The summed E-state index contributed by atoms with van der Waals surface area (Å²) >= 11 is 0. The zero-order chi connectivity index (χ0) is 14.7. The molecule has 1 aromatic carbocycles. The summed E-state index contributed by atoms with van der Waals surface area (Å²) < 4.78 is 10.4. The second kappa shape index (κ2) is 5.66. The Morgan fingerprint density at radius 3 is 2.62 bits per heavy atom. The fourth-order valence-corrected chi connectivity index (χ4v) is 2.09. The maximum Gasteiger partial charge on any atom is 0.290 e. The van der Waals surface area contributed by atoms with Crippen LogP contribution in [0.1, 0.15) is 33.6 Å². The van der Waals surface area contributed by atoms with E-state index in [9.17, 15) is 4.79 Å². The Morgan fingerprint density at radius 1 is 1.19 bits per heavy atom. The normalized spacial score (nSPS) is 12.0. The van der Waals surface area contributed by atoms with Crippen LogP contribution in [-0.2, 0) is 0 Å². The molecule has 3 aromatic rings. The molecule has 5 nitrogen and oxygen atoms in total. The number of benzene rings is 1. The highest BCUT2D eigenvalue weighted by atomic mass is 16.5. The third kappa shape index (κ3) is 2.86. The van der Waals surface area contributed by atoms with Crippen LogP contribution in [0.4, 0.5) is 0 Å². The van der Waals surface area contributed by atoms with Crippen LogP contribution in [-0.4, -0.2) is 11.1 Å². The largest absolute Gasteiger partial charge is 0.467 e. The summed E-state index contributed by atoms with van der Waals surface area (Å²) in [5, 5.41) is 6.62. The molecule has 3 rings (SSSR count). The quantitative estimate of drug-likeness (QED) is 0.798. The Morgan fingerprint density at radius 2 is 2.00 bits per heavy atom. The molecular weight excluding hydrogens is 268 g/mol. The summed E-state index contributed by atoms with van der Waals surface area (Å²) in [6.07, 6.45) is 1.58. The van der Waals surface area contributed by atoms with E-state index in [1.807, 2.05) is 36.4 Å². The van der Waals surface area contributed by atoms with E-state index in [0.717, 1.165) is 5.56 Å². The van der Waals surface area contributed by atoms with E-state index in [2.05, 4.69) is 10.5 Å². The topological polar surface area (TPSA) is 68.3 Å². The Hall–Kier alpha value is -2.82. The predicted molar refractivity (Wildman–Crippen MR) is 75.7 cm³/mol. The number of hydrogen-bond acceptors (Lipinski definition) is 4. The first-order valence-corrected chi connectivity index (χ1v) is 6.56. The summed E-state index contributed by atoms with van der Waals surface area (Å²) in [6, 6.07) is 14.4. The first kappa shape index (κ1) is 13.2. The van der Waals surface area contributed by atoms with E-state index < -0.39 is 0 Å². The van der Waals surface area contributed by atoms with Crippen LogP contribution in [0, 0.1) is 6.92 Å². The van der Waals surface area contributed by atoms with Crippen LogP contribution in [0.5, 0.6) is 0 Å². The van der Waals surface area contributed by atoms with Crippen molar-refractivity contribution in [2.24, 2.45) is 0 Å². The van der Waals surface area contributed by atoms with Gasteiger partial charge in [-0.1, -0.05) is 35.5 Å². The summed E-state index contributed by atoms with van der Waals surface area (Å²) in [5.74, 6) is 0.506. The van der Waals surface area contributed by atoms with Gasteiger partial charge in [-0.3, -0.25) is 4.79 Å². The van der Waals surface area contributed by atoms with E-state index in [1.54, 1.807) is 25.3 Å². The fourth-order valence-electron chi connectivity index (χ4n) is 2.09. The lowest BCUT2D eigenvalue weighted by molar-refractivity contribution is 0.0901. The Labute approximate surface area is 121 Å². The number of carbonyl (C=O) groups is 1. The van der Waals surface area contributed by atoms with Crippen molar-refractivity contribution in [3.63, 3.8) is 0 Å². The van der Waals surface area contributed by atoms with Gasteiger partial charge < -0.3 is 14.3 Å². The van der Waals surface area contributed by atoms with Crippen molar-refractivity contribution in [1.82, 2.24) is 10.5 Å². The molecule has 106 valence electrons. The molecule has 0 radical (unpaired) electrons. The minimum atomic E-state index is -0.376. The Bertz CT molecular complexity index is 717. The van der Waals surface area contributed by atoms with Crippen molar-refractivity contribution in [2.45, 2.75) is 13.0 Å². The average Bonchev–Trinajstić information content (AvgIpc) is 3.17. The molecule has 2 heterocycles. The van der Waals surface area contributed by atoms with Crippen LogP contribution >= 0.6 is 0 Å². The van der Waals surface area contributed by atoms with E-state index in [0.29, 0.717) is 11.5 Å². The van der Waals surface area contributed by atoms with Gasteiger partial charge in [0, 0.05) is 6.07 Å². The Balaban J connectivity index is 1.88. The van der Waals surface area contributed by atoms with Crippen LogP contribution in [0.3, 0.4) is 0 Å². The van der Waals surface area contributed by atoms with Crippen molar-refractivity contribution < 1.29 is 13.7 Å². The summed E-state index contributed by atoms with van der Waals surface area (Å²) in [5.41, 5.74) is 1.59. The molecule has 0 bridgehead atoms. The molecule has 5 heteroatoms. The predicted octanol–water partition coefficient (Wildman–Crippen LogP) is 3.10. The average molecular weight is 282 g/mol. The molecule has 2 aromatic heterocycles. The van der Waals surface area contributed by atoms with E-state index in [4.69, 9.17) is 8.94 Å². The van der Waals surface area contributed by atoms with Gasteiger partial charge in [0.1, 0.15) is 11.8 Å². The van der Waals surface area contributed by atoms with Crippen molar-refractivity contribution >= 4 is 5.91 Å². The first-order chi connectivity index (χ1) is 10.2. The minimum Gasteiger partial charge on any atom is -0.467 e. The van der Waals surface area contributed by atoms with Gasteiger partial charge in [-0.05, 0) is 24.6 Å². The maximum atomic E-state index is 12.3. The number of aryl methyl sites for hydroxylation is 1. The van der Waals surface area contributed by atoms with Gasteiger partial charge in [-0.15, -0.1) is 0 Å². The highest BCUT2D eigenvalue weighted by Gasteiger charge is 2.22. The number of nitrogens with zero attached hydrogens (tertiary/aromatic N) is 1. The third-order valence-corrected chi connectivity index (χ3v) is 3.09.